The van der Waals surface area contributed by atoms with Crippen LogP contribution in [-0.2, 0) is 6.42 Å². The predicted molar refractivity (Wildman–Crippen MR) is 146 cm³/mol. The lowest BCUT2D eigenvalue weighted by atomic mass is 10.1. The molecule has 196 valence electrons. The Morgan fingerprint density at radius 1 is 1.03 bits per heavy atom. The van der Waals surface area contributed by atoms with Crippen LogP contribution in [0.5, 0.6) is 0 Å². The van der Waals surface area contributed by atoms with E-state index in [1.165, 1.54) is 6.07 Å². The smallest absolute Gasteiger partial charge is 0.273 e. The van der Waals surface area contributed by atoms with Crippen molar-refractivity contribution in [1.29, 1.82) is 0 Å². The number of nitro groups is 1. The highest BCUT2D eigenvalue weighted by Crippen LogP contribution is 2.30. The van der Waals surface area contributed by atoms with Crippen LogP contribution in [-0.4, -0.2) is 61.7 Å². The molecule has 0 atom stereocenters. The Bertz CT molecular complexity index is 1500. The zero-order chi connectivity index (χ0) is 26.8. The number of nitrogens with zero attached hydrogens (tertiary/aromatic N) is 7. The van der Waals surface area contributed by atoms with Gasteiger partial charge >= 0.3 is 0 Å². The first-order valence-electron chi connectivity index (χ1n) is 13.0. The van der Waals surface area contributed by atoms with Gasteiger partial charge in [-0.1, -0.05) is 31.2 Å². The van der Waals surface area contributed by atoms with Crippen molar-refractivity contribution < 1.29 is 9.72 Å². The zero-order valence-corrected chi connectivity index (χ0v) is 21.9. The van der Waals surface area contributed by atoms with Crippen molar-refractivity contribution in [2.45, 2.75) is 40.0 Å². The molecule has 1 aliphatic heterocycles. The van der Waals surface area contributed by atoms with Crippen molar-refractivity contribution in [3.63, 3.8) is 0 Å². The molecular weight excluding hydrogens is 482 g/mol. The SMILES string of the molecule is CCCc1nc(N2CCCN(C(=O)c3ccc(C)c([N+](=O)[O-])c3)CC2)c2c(C)nn(-c3ccccc3)c2n1. The highest BCUT2D eigenvalue weighted by Gasteiger charge is 2.26. The lowest BCUT2D eigenvalue weighted by molar-refractivity contribution is -0.385. The third-order valence-corrected chi connectivity index (χ3v) is 6.94. The molecule has 0 saturated carbocycles. The third-order valence-electron chi connectivity index (χ3n) is 6.94. The molecule has 1 fully saturated rings. The number of amides is 1. The number of para-hydroxylation sites is 1. The monoisotopic (exact) mass is 513 g/mol. The summed E-state index contributed by atoms with van der Waals surface area (Å²) in [5.41, 5.74) is 3.42. The van der Waals surface area contributed by atoms with Crippen molar-refractivity contribution in [1.82, 2.24) is 24.6 Å². The average Bonchev–Trinajstić information content (AvgIpc) is 3.08. The largest absolute Gasteiger partial charge is 0.354 e. The van der Waals surface area contributed by atoms with Gasteiger partial charge in [0.1, 0.15) is 11.6 Å². The van der Waals surface area contributed by atoms with Crippen molar-refractivity contribution in [3.8, 4) is 5.69 Å². The molecule has 10 nitrogen and oxygen atoms in total. The van der Waals surface area contributed by atoms with E-state index < -0.39 is 4.92 Å². The Kier molecular flexibility index (Phi) is 7.04. The van der Waals surface area contributed by atoms with E-state index in [1.807, 2.05) is 41.9 Å². The van der Waals surface area contributed by atoms with E-state index in [0.717, 1.165) is 59.9 Å². The first kappa shape index (κ1) is 25.3. The van der Waals surface area contributed by atoms with E-state index in [2.05, 4.69) is 11.8 Å². The standard InChI is InChI=1S/C28H31N7O3/c1-4-9-24-29-26(25-20(3)31-34(27(25)30-24)22-10-6-5-7-11-22)32-14-8-15-33(17-16-32)28(36)21-13-12-19(2)23(18-21)35(37)38/h5-7,10-13,18H,4,8-9,14-17H2,1-3H3. The maximum atomic E-state index is 13.3. The normalized spacial score (nSPS) is 14.1. The van der Waals surface area contributed by atoms with Crippen LogP contribution in [0.1, 0.15) is 47.2 Å². The summed E-state index contributed by atoms with van der Waals surface area (Å²) in [7, 11) is 0. The minimum Gasteiger partial charge on any atom is -0.354 e. The number of anilines is 1. The summed E-state index contributed by atoms with van der Waals surface area (Å²) in [4.78, 5) is 38.1. The number of benzene rings is 2. The molecule has 5 rings (SSSR count). The fraction of sp³-hybridized carbons (Fsp3) is 0.357. The summed E-state index contributed by atoms with van der Waals surface area (Å²) in [6.07, 6.45) is 2.43. The highest BCUT2D eigenvalue weighted by molar-refractivity contribution is 5.95. The molecule has 0 N–H and O–H groups in total. The molecule has 1 aliphatic rings. The second kappa shape index (κ2) is 10.6. The van der Waals surface area contributed by atoms with Gasteiger partial charge in [0, 0.05) is 49.8 Å². The van der Waals surface area contributed by atoms with Crippen molar-refractivity contribution >= 4 is 28.4 Å². The Balaban J connectivity index is 1.46. The molecule has 2 aromatic carbocycles. The predicted octanol–water partition coefficient (Wildman–Crippen LogP) is 4.65. The van der Waals surface area contributed by atoms with Gasteiger partial charge in [0.05, 0.1) is 21.7 Å². The summed E-state index contributed by atoms with van der Waals surface area (Å²) in [5.74, 6) is 1.43. The van der Waals surface area contributed by atoms with Crippen molar-refractivity contribution in [2.75, 3.05) is 31.1 Å². The maximum Gasteiger partial charge on any atom is 0.273 e. The molecule has 1 amide bonds. The summed E-state index contributed by atoms with van der Waals surface area (Å²) in [6.45, 7) is 8.13. The third kappa shape index (κ3) is 4.81. The molecule has 3 heterocycles. The topological polar surface area (TPSA) is 110 Å². The Morgan fingerprint density at radius 3 is 2.55 bits per heavy atom. The number of nitro benzene ring substituents is 1. The van der Waals surface area contributed by atoms with Gasteiger partial charge in [-0.05, 0) is 44.9 Å². The van der Waals surface area contributed by atoms with E-state index in [4.69, 9.17) is 15.1 Å². The van der Waals surface area contributed by atoms with Crippen LogP contribution in [0, 0.1) is 24.0 Å². The Hall–Kier alpha value is -4.34. The summed E-state index contributed by atoms with van der Waals surface area (Å²) >= 11 is 0. The molecule has 38 heavy (non-hydrogen) atoms. The average molecular weight is 514 g/mol. The number of aromatic nitrogens is 4. The summed E-state index contributed by atoms with van der Waals surface area (Å²) < 4.78 is 1.88. The minimum absolute atomic E-state index is 0.0370. The minimum atomic E-state index is -0.442. The zero-order valence-electron chi connectivity index (χ0n) is 21.9. The summed E-state index contributed by atoms with van der Waals surface area (Å²) in [6, 6.07) is 14.6. The van der Waals surface area contributed by atoms with Crippen LogP contribution in [0.4, 0.5) is 11.5 Å². The number of hydrogen-bond donors (Lipinski definition) is 0. The van der Waals surface area contributed by atoms with Gasteiger partial charge in [0.2, 0.25) is 0 Å². The van der Waals surface area contributed by atoms with Gasteiger partial charge in [0.25, 0.3) is 11.6 Å². The van der Waals surface area contributed by atoms with Gasteiger partial charge in [-0.2, -0.15) is 5.10 Å². The van der Waals surface area contributed by atoms with E-state index >= 15 is 0 Å². The molecule has 2 aromatic heterocycles. The molecule has 0 aliphatic carbocycles. The van der Waals surface area contributed by atoms with E-state index in [9.17, 15) is 14.9 Å². The van der Waals surface area contributed by atoms with Crippen molar-refractivity contribution in [2.24, 2.45) is 0 Å². The molecule has 1 saturated heterocycles. The Morgan fingerprint density at radius 2 is 1.82 bits per heavy atom. The molecule has 0 bridgehead atoms. The molecule has 10 heteroatoms. The van der Waals surface area contributed by atoms with Crippen LogP contribution in [0.3, 0.4) is 0 Å². The first-order chi connectivity index (χ1) is 18.4. The van der Waals surface area contributed by atoms with Crippen LogP contribution in [0.2, 0.25) is 0 Å². The summed E-state index contributed by atoms with van der Waals surface area (Å²) in [5, 5.41) is 17.1. The second-order valence-corrected chi connectivity index (χ2v) is 9.64. The van der Waals surface area contributed by atoms with Gasteiger partial charge in [-0.15, -0.1) is 0 Å². The molecule has 0 unspecified atom stereocenters. The van der Waals surface area contributed by atoms with Gasteiger partial charge < -0.3 is 9.80 Å². The number of hydrogen-bond acceptors (Lipinski definition) is 7. The van der Waals surface area contributed by atoms with Gasteiger partial charge in [0.15, 0.2) is 5.65 Å². The quantitative estimate of drug-likeness (QED) is 0.273. The fourth-order valence-corrected chi connectivity index (χ4v) is 4.97. The number of fused-ring (bicyclic) bond motifs is 1. The first-order valence-corrected chi connectivity index (χ1v) is 13.0. The van der Waals surface area contributed by atoms with Crippen LogP contribution in [0.15, 0.2) is 48.5 Å². The van der Waals surface area contributed by atoms with E-state index in [1.54, 1.807) is 24.0 Å². The van der Waals surface area contributed by atoms with E-state index in [0.29, 0.717) is 30.8 Å². The molecule has 0 spiro atoms. The van der Waals surface area contributed by atoms with E-state index in [-0.39, 0.29) is 11.6 Å². The fourth-order valence-electron chi connectivity index (χ4n) is 4.97. The number of carbonyl (C=O) groups excluding carboxylic acids is 1. The van der Waals surface area contributed by atoms with Gasteiger partial charge in [-0.3, -0.25) is 14.9 Å². The van der Waals surface area contributed by atoms with Crippen molar-refractivity contribution in [3.05, 3.63) is 81.3 Å². The lowest BCUT2D eigenvalue weighted by Crippen LogP contribution is -2.35. The number of carbonyl (C=O) groups is 1. The second-order valence-electron chi connectivity index (χ2n) is 9.64. The van der Waals surface area contributed by atoms with Crippen LogP contribution >= 0.6 is 0 Å². The van der Waals surface area contributed by atoms with Crippen LogP contribution in [0.25, 0.3) is 16.7 Å². The van der Waals surface area contributed by atoms with Gasteiger partial charge in [-0.25, -0.2) is 14.6 Å². The Labute approximate surface area is 221 Å². The number of aryl methyl sites for hydroxylation is 3. The maximum absolute atomic E-state index is 13.3. The van der Waals surface area contributed by atoms with Crippen LogP contribution < -0.4 is 4.90 Å². The highest BCUT2D eigenvalue weighted by atomic mass is 16.6. The molecule has 0 radical (unpaired) electrons. The lowest BCUT2D eigenvalue weighted by Gasteiger charge is -2.24. The molecular formula is C28H31N7O3. The number of rotatable bonds is 6. The molecule has 4 aromatic rings.